The highest BCUT2D eigenvalue weighted by Gasteiger charge is 2.16. The Kier molecular flexibility index (Phi) is 5.08. The molecule has 0 aliphatic heterocycles. The fourth-order valence-electron chi connectivity index (χ4n) is 2.42. The summed E-state index contributed by atoms with van der Waals surface area (Å²) in [5.41, 5.74) is 0.445. The maximum atomic E-state index is 12.0. The van der Waals surface area contributed by atoms with E-state index in [-0.39, 0.29) is 13.2 Å². The van der Waals surface area contributed by atoms with Crippen LogP contribution in [0.2, 0.25) is 0 Å². The third-order valence-electron chi connectivity index (χ3n) is 3.66. The van der Waals surface area contributed by atoms with Crippen molar-refractivity contribution in [3.05, 3.63) is 78.4 Å². The van der Waals surface area contributed by atoms with Crippen LogP contribution in [0.5, 0.6) is 5.75 Å². The Bertz CT molecular complexity index is 809. The molecule has 24 heavy (non-hydrogen) atoms. The molecule has 1 atom stereocenters. The topological polar surface area (TPSA) is 55.8 Å². The Morgan fingerprint density at radius 1 is 0.917 bits per heavy atom. The molecule has 4 nitrogen and oxygen atoms in total. The molecule has 0 radical (unpaired) electrons. The van der Waals surface area contributed by atoms with Gasteiger partial charge in [-0.1, -0.05) is 54.6 Å². The summed E-state index contributed by atoms with van der Waals surface area (Å²) < 4.78 is 11.1. The lowest BCUT2D eigenvalue weighted by atomic mass is 10.1. The fraction of sp³-hybridized carbons (Fsp3) is 0.150. The van der Waals surface area contributed by atoms with Crippen molar-refractivity contribution in [1.29, 1.82) is 0 Å². The molecule has 0 aliphatic carbocycles. The lowest BCUT2D eigenvalue weighted by molar-refractivity contribution is -0.00119. The zero-order valence-corrected chi connectivity index (χ0v) is 13.1. The van der Waals surface area contributed by atoms with Gasteiger partial charge in [-0.3, -0.25) is 0 Å². The van der Waals surface area contributed by atoms with Crippen LogP contribution in [0.15, 0.2) is 72.8 Å². The van der Waals surface area contributed by atoms with E-state index in [9.17, 15) is 9.90 Å². The van der Waals surface area contributed by atoms with Crippen LogP contribution in [0.25, 0.3) is 10.8 Å². The van der Waals surface area contributed by atoms with E-state index in [0.717, 1.165) is 10.8 Å². The van der Waals surface area contributed by atoms with Gasteiger partial charge in [-0.15, -0.1) is 0 Å². The van der Waals surface area contributed by atoms with Crippen LogP contribution < -0.4 is 4.74 Å². The van der Waals surface area contributed by atoms with Gasteiger partial charge in [0.05, 0.1) is 12.2 Å². The average molecular weight is 322 g/mol. The third-order valence-corrected chi connectivity index (χ3v) is 3.66. The highest BCUT2D eigenvalue weighted by Crippen LogP contribution is 2.25. The van der Waals surface area contributed by atoms with E-state index in [0.29, 0.717) is 11.3 Å². The zero-order chi connectivity index (χ0) is 16.8. The molecular formula is C20H18O4. The van der Waals surface area contributed by atoms with Gasteiger partial charge in [0.15, 0.2) is 6.10 Å². The summed E-state index contributed by atoms with van der Waals surface area (Å²) in [6, 6.07) is 22.3. The molecule has 4 heteroatoms. The van der Waals surface area contributed by atoms with E-state index in [4.69, 9.17) is 9.47 Å². The number of ether oxygens (including phenoxy) is 2. The minimum absolute atomic E-state index is 0.0864. The summed E-state index contributed by atoms with van der Waals surface area (Å²) in [5.74, 6) is 0.221. The monoisotopic (exact) mass is 322 g/mol. The first-order valence-corrected chi connectivity index (χ1v) is 7.75. The highest BCUT2D eigenvalue weighted by molar-refractivity contribution is 5.89. The molecule has 0 bridgehead atoms. The summed E-state index contributed by atoms with van der Waals surface area (Å²) in [6.45, 7) is -0.216. The second kappa shape index (κ2) is 7.62. The van der Waals surface area contributed by atoms with Crippen molar-refractivity contribution in [1.82, 2.24) is 0 Å². The SMILES string of the molecule is O=C(O[C@@H](CO)COc1cccc2ccccc12)c1ccccc1. The number of hydrogen-bond donors (Lipinski definition) is 1. The Morgan fingerprint density at radius 3 is 2.42 bits per heavy atom. The number of esters is 1. The molecule has 0 amide bonds. The molecule has 0 aromatic heterocycles. The number of fused-ring (bicyclic) bond motifs is 1. The number of carbonyl (C=O) groups excluding carboxylic acids is 1. The fourth-order valence-corrected chi connectivity index (χ4v) is 2.42. The van der Waals surface area contributed by atoms with Crippen LogP contribution >= 0.6 is 0 Å². The molecule has 0 saturated carbocycles. The first-order valence-electron chi connectivity index (χ1n) is 7.75. The van der Waals surface area contributed by atoms with E-state index in [2.05, 4.69) is 0 Å². The number of aliphatic hydroxyl groups is 1. The maximum absolute atomic E-state index is 12.0. The molecule has 0 saturated heterocycles. The number of benzene rings is 3. The van der Waals surface area contributed by atoms with Crippen molar-refractivity contribution in [2.24, 2.45) is 0 Å². The second-order valence-corrected chi connectivity index (χ2v) is 5.36. The number of carbonyl (C=O) groups is 1. The van der Waals surface area contributed by atoms with Gasteiger partial charge in [-0.05, 0) is 23.6 Å². The van der Waals surface area contributed by atoms with E-state index >= 15 is 0 Å². The number of aliphatic hydroxyl groups excluding tert-OH is 1. The third kappa shape index (κ3) is 3.73. The lowest BCUT2D eigenvalue weighted by Gasteiger charge is -2.17. The van der Waals surface area contributed by atoms with Crippen molar-refractivity contribution < 1.29 is 19.4 Å². The minimum Gasteiger partial charge on any atom is -0.489 e. The molecule has 0 unspecified atom stereocenters. The zero-order valence-electron chi connectivity index (χ0n) is 13.1. The number of rotatable bonds is 6. The van der Waals surface area contributed by atoms with E-state index in [1.807, 2.05) is 48.5 Å². The predicted molar refractivity (Wildman–Crippen MR) is 92.2 cm³/mol. The first kappa shape index (κ1) is 16.0. The van der Waals surface area contributed by atoms with Crippen molar-refractivity contribution in [2.45, 2.75) is 6.10 Å². The summed E-state index contributed by atoms with van der Waals surface area (Å²) in [6.07, 6.45) is -0.725. The van der Waals surface area contributed by atoms with Gasteiger partial charge in [0.1, 0.15) is 12.4 Å². The second-order valence-electron chi connectivity index (χ2n) is 5.36. The molecule has 0 fully saturated rings. The Hall–Kier alpha value is -2.85. The van der Waals surface area contributed by atoms with Crippen molar-refractivity contribution in [3.63, 3.8) is 0 Å². The normalized spacial score (nSPS) is 11.9. The maximum Gasteiger partial charge on any atom is 0.338 e. The molecule has 0 aliphatic rings. The van der Waals surface area contributed by atoms with Gasteiger partial charge >= 0.3 is 5.97 Å². The van der Waals surface area contributed by atoms with Gasteiger partial charge in [-0.25, -0.2) is 4.79 Å². The molecule has 3 aromatic carbocycles. The van der Waals surface area contributed by atoms with Crippen molar-refractivity contribution >= 4 is 16.7 Å². The summed E-state index contributed by atoms with van der Waals surface area (Å²) in [7, 11) is 0. The van der Waals surface area contributed by atoms with Crippen LogP contribution in [-0.4, -0.2) is 30.4 Å². The molecule has 122 valence electrons. The van der Waals surface area contributed by atoms with E-state index < -0.39 is 12.1 Å². The summed E-state index contributed by atoms with van der Waals surface area (Å²) in [4.78, 5) is 12.0. The first-order chi connectivity index (χ1) is 11.8. The number of hydrogen-bond acceptors (Lipinski definition) is 4. The minimum atomic E-state index is -0.725. The Morgan fingerprint density at radius 2 is 1.62 bits per heavy atom. The average Bonchev–Trinajstić information content (AvgIpc) is 2.65. The molecule has 3 rings (SSSR count). The van der Waals surface area contributed by atoms with Gasteiger partial charge in [-0.2, -0.15) is 0 Å². The van der Waals surface area contributed by atoms with Crippen LogP contribution in [0.1, 0.15) is 10.4 Å². The van der Waals surface area contributed by atoms with Crippen LogP contribution in [-0.2, 0) is 4.74 Å². The standard InChI is InChI=1S/C20H18O4/c21-13-17(24-20(22)16-8-2-1-3-9-16)14-23-19-12-6-10-15-7-4-5-11-18(15)19/h1-12,17,21H,13-14H2/t17-/m0/s1. The van der Waals surface area contributed by atoms with Crippen LogP contribution in [0, 0.1) is 0 Å². The highest BCUT2D eigenvalue weighted by atomic mass is 16.6. The Balaban J connectivity index is 1.66. The van der Waals surface area contributed by atoms with Gasteiger partial charge in [0.2, 0.25) is 0 Å². The molecular weight excluding hydrogens is 304 g/mol. The lowest BCUT2D eigenvalue weighted by Crippen LogP contribution is -2.28. The predicted octanol–water partition coefficient (Wildman–Crippen LogP) is 3.44. The molecule has 1 N–H and O–H groups in total. The van der Waals surface area contributed by atoms with Crippen molar-refractivity contribution in [2.75, 3.05) is 13.2 Å². The van der Waals surface area contributed by atoms with Crippen LogP contribution in [0.4, 0.5) is 0 Å². The van der Waals surface area contributed by atoms with Gasteiger partial charge in [0.25, 0.3) is 0 Å². The van der Waals surface area contributed by atoms with E-state index in [1.165, 1.54) is 0 Å². The largest absolute Gasteiger partial charge is 0.489 e. The molecule has 0 spiro atoms. The quantitative estimate of drug-likeness (QED) is 0.706. The summed E-state index contributed by atoms with van der Waals surface area (Å²) in [5, 5.41) is 11.5. The van der Waals surface area contributed by atoms with E-state index in [1.54, 1.807) is 24.3 Å². The summed E-state index contributed by atoms with van der Waals surface area (Å²) >= 11 is 0. The molecule has 0 heterocycles. The molecule has 3 aromatic rings. The smallest absolute Gasteiger partial charge is 0.338 e. The van der Waals surface area contributed by atoms with Gasteiger partial charge in [0, 0.05) is 5.39 Å². The van der Waals surface area contributed by atoms with Gasteiger partial charge < -0.3 is 14.6 Å². The van der Waals surface area contributed by atoms with Crippen LogP contribution in [0.3, 0.4) is 0 Å². The van der Waals surface area contributed by atoms with Crippen molar-refractivity contribution in [3.8, 4) is 5.75 Å². The Labute approximate surface area is 140 Å².